The van der Waals surface area contributed by atoms with Gasteiger partial charge in [-0.2, -0.15) is 0 Å². The van der Waals surface area contributed by atoms with Crippen molar-refractivity contribution >= 4 is 32.7 Å². The SMILES string of the molecule is CC(C)n1c(SCCNS(C)(=O)=O)nc2ccccc2c1=O. The number of benzene rings is 1. The minimum atomic E-state index is -3.20. The first-order valence-electron chi connectivity index (χ1n) is 6.88. The molecule has 120 valence electrons. The Kier molecular flexibility index (Phi) is 5.25. The van der Waals surface area contributed by atoms with E-state index in [9.17, 15) is 13.2 Å². The Hall–Kier alpha value is -1.38. The molecule has 0 aliphatic carbocycles. The van der Waals surface area contributed by atoms with Crippen molar-refractivity contribution in [2.75, 3.05) is 18.6 Å². The smallest absolute Gasteiger partial charge is 0.262 e. The van der Waals surface area contributed by atoms with Gasteiger partial charge >= 0.3 is 0 Å². The zero-order valence-electron chi connectivity index (χ0n) is 12.7. The highest BCUT2D eigenvalue weighted by Crippen LogP contribution is 2.20. The summed E-state index contributed by atoms with van der Waals surface area (Å²) in [5.41, 5.74) is 0.585. The normalized spacial score (nSPS) is 12.2. The summed E-state index contributed by atoms with van der Waals surface area (Å²) in [7, 11) is -3.20. The molecule has 0 unspecified atom stereocenters. The molecular formula is C14H19N3O3S2. The standard InChI is InChI=1S/C14H19N3O3S2/c1-10(2)17-13(18)11-6-4-5-7-12(11)16-14(17)21-9-8-15-22(3,19)20/h4-7,10,15H,8-9H2,1-3H3. The van der Waals surface area contributed by atoms with Gasteiger partial charge in [-0.05, 0) is 26.0 Å². The van der Waals surface area contributed by atoms with Crippen LogP contribution in [0.2, 0.25) is 0 Å². The zero-order valence-corrected chi connectivity index (χ0v) is 14.4. The van der Waals surface area contributed by atoms with Crippen molar-refractivity contribution in [3.8, 4) is 0 Å². The second-order valence-electron chi connectivity index (χ2n) is 5.20. The summed E-state index contributed by atoms with van der Waals surface area (Å²) in [5, 5.41) is 1.20. The fourth-order valence-electron chi connectivity index (χ4n) is 2.05. The third kappa shape index (κ3) is 4.08. The first kappa shape index (κ1) is 17.0. The van der Waals surface area contributed by atoms with E-state index in [0.29, 0.717) is 28.4 Å². The Morgan fingerprint density at radius 2 is 2.00 bits per heavy atom. The molecule has 1 N–H and O–H groups in total. The maximum Gasteiger partial charge on any atom is 0.262 e. The van der Waals surface area contributed by atoms with Crippen molar-refractivity contribution in [1.29, 1.82) is 0 Å². The quantitative estimate of drug-likeness (QED) is 0.490. The van der Waals surface area contributed by atoms with Crippen molar-refractivity contribution in [2.24, 2.45) is 0 Å². The van der Waals surface area contributed by atoms with Gasteiger partial charge in [0.1, 0.15) is 0 Å². The van der Waals surface area contributed by atoms with Gasteiger partial charge in [0.05, 0.1) is 17.2 Å². The minimum Gasteiger partial charge on any atom is -0.285 e. The predicted octanol–water partition coefficient (Wildman–Crippen LogP) is 1.62. The Bertz CT molecular complexity index is 829. The molecule has 0 fully saturated rings. The van der Waals surface area contributed by atoms with Crippen LogP contribution in [0.5, 0.6) is 0 Å². The summed E-state index contributed by atoms with van der Waals surface area (Å²) in [5.74, 6) is 0.505. The van der Waals surface area contributed by atoms with Crippen molar-refractivity contribution in [3.05, 3.63) is 34.6 Å². The van der Waals surface area contributed by atoms with Crippen LogP contribution in [0.15, 0.2) is 34.2 Å². The van der Waals surface area contributed by atoms with E-state index in [1.54, 1.807) is 16.7 Å². The molecule has 0 radical (unpaired) electrons. The molecule has 2 rings (SSSR count). The number of fused-ring (bicyclic) bond motifs is 1. The van der Waals surface area contributed by atoms with Crippen LogP contribution >= 0.6 is 11.8 Å². The van der Waals surface area contributed by atoms with E-state index in [-0.39, 0.29) is 11.6 Å². The lowest BCUT2D eigenvalue weighted by Crippen LogP contribution is -2.27. The number of aromatic nitrogens is 2. The molecule has 0 amide bonds. The van der Waals surface area contributed by atoms with Crippen molar-refractivity contribution in [2.45, 2.75) is 25.0 Å². The highest BCUT2D eigenvalue weighted by Gasteiger charge is 2.13. The molecule has 1 aromatic heterocycles. The van der Waals surface area contributed by atoms with Crippen LogP contribution in [0.1, 0.15) is 19.9 Å². The summed E-state index contributed by atoms with van der Waals surface area (Å²) in [6.45, 7) is 4.15. The van der Waals surface area contributed by atoms with Gasteiger partial charge in [-0.3, -0.25) is 9.36 Å². The monoisotopic (exact) mass is 341 g/mol. The van der Waals surface area contributed by atoms with Gasteiger partial charge in [0.15, 0.2) is 5.16 Å². The molecule has 0 saturated heterocycles. The van der Waals surface area contributed by atoms with Gasteiger partial charge in [-0.15, -0.1) is 0 Å². The van der Waals surface area contributed by atoms with Gasteiger partial charge in [0, 0.05) is 18.3 Å². The number of thioether (sulfide) groups is 1. The number of hydrogen-bond acceptors (Lipinski definition) is 5. The van der Waals surface area contributed by atoms with E-state index < -0.39 is 10.0 Å². The lowest BCUT2D eigenvalue weighted by Gasteiger charge is -2.16. The molecule has 0 bridgehead atoms. The predicted molar refractivity (Wildman–Crippen MR) is 90.0 cm³/mol. The van der Waals surface area contributed by atoms with Gasteiger partial charge in [-0.1, -0.05) is 23.9 Å². The molecule has 0 saturated carbocycles. The Balaban J connectivity index is 2.32. The maximum absolute atomic E-state index is 12.6. The van der Waals surface area contributed by atoms with Crippen LogP contribution in [0.4, 0.5) is 0 Å². The van der Waals surface area contributed by atoms with Crippen LogP contribution in [0.25, 0.3) is 10.9 Å². The zero-order chi connectivity index (χ0) is 16.3. The van der Waals surface area contributed by atoms with E-state index in [1.165, 1.54) is 11.8 Å². The molecule has 0 atom stereocenters. The number of rotatable bonds is 6. The van der Waals surface area contributed by atoms with E-state index in [1.807, 2.05) is 26.0 Å². The molecule has 1 heterocycles. The number of nitrogens with one attached hydrogen (secondary N) is 1. The van der Waals surface area contributed by atoms with Crippen LogP contribution in [0.3, 0.4) is 0 Å². The summed E-state index contributed by atoms with van der Waals surface area (Å²) in [6, 6.07) is 7.21. The lowest BCUT2D eigenvalue weighted by atomic mass is 10.2. The highest BCUT2D eigenvalue weighted by atomic mass is 32.2. The first-order chi connectivity index (χ1) is 10.3. The molecule has 22 heavy (non-hydrogen) atoms. The molecule has 2 aromatic rings. The molecule has 6 nitrogen and oxygen atoms in total. The van der Waals surface area contributed by atoms with Crippen molar-refractivity contribution in [1.82, 2.24) is 14.3 Å². The third-order valence-corrected chi connectivity index (χ3v) is 4.67. The molecule has 1 aromatic carbocycles. The van der Waals surface area contributed by atoms with Crippen LogP contribution in [-0.4, -0.2) is 36.5 Å². The Labute approximate surface area is 134 Å². The van der Waals surface area contributed by atoms with Crippen LogP contribution in [-0.2, 0) is 10.0 Å². The topological polar surface area (TPSA) is 81.1 Å². The highest BCUT2D eigenvalue weighted by molar-refractivity contribution is 7.99. The van der Waals surface area contributed by atoms with Crippen molar-refractivity contribution < 1.29 is 8.42 Å². The second-order valence-corrected chi connectivity index (χ2v) is 8.09. The summed E-state index contributed by atoms with van der Waals surface area (Å²) in [4.78, 5) is 17.1. The molecule has 0 aliphatic rings. The summed E-state index contributed by atoms with van der Waals surface area (Å²) >= 11 is 1.37. The largest absolute Gasteiger partial charge is 0.285 e. The first-order valence-corrected chi connectivity index (χ1v) is 9.76. The average Bonchev–Trinajstić information content (AvgIpc) is 2.42. The molecule has 8 heteroatoms. The fraction of sp³-hybridized carbons (Fsp3) is 0.429. The summed E-state index contributed by atoms with van der Waals surface area (Å²) in [6.07, 6.45) is 1.12. The van der Waals surface area contributed by atoms with Gasteiger partial charge in [-0.25, -0.2) is 18.1 Å². The van der Waals surface area contributed by atoms with Gasteiger partial charge < -0.3 is 0 Å². The van der Waals surface area contributed by atoms with E-state index >= 15 is 0 Å². The molecule has 0 spiro atoms. The number of sulfonamides is 1. The third-order valence-electron chi connectivity index (χ3n) is 2.99. The van der Waals surface area contributed by atoms with Crippen molar-refractivity contribution in [3.63, 3.8) is 0 Å². The minimum absolute atomic E-state index is 0.0185. The maximum atomic E-state index is 12.6. The molecule has 0 aliphatic heterocycles. The Morgan fingerprint density at radius 1 is 1.32 bits per heavy atom. The second kappa shape index (κ2) is 6.80. The van der Waals surface area contributed by atoms with E-state index in [4.69, 9.17) is 0 Å². The fourth-order valence-corrected chi connectivity index (χ4v) is 3.64. The number of hydrogen-bond donors (Lipinski definition) is 1. The lowest BCUT2D eigenvalue weighted by molar-refractivity contribution is 0.519. The van der Waals surface area contributed by atoms with E-state index in [2.05, 4.69) is 9.71 Å². The van der Waals surface area contributed by atoms with Crippen LogP contribution in [0, 0.1) is 0 Å². The number of nitrogens with zero attached hydrogens (tertiary/aromatic N) is 2. The summed E-state index contributed by atoms with van der Waals surface area (Å²) < 4.78 is 26.2. The Morgan fingerprint density at radius 3 is 2.64 bits per heavy atom. The van der Waals surface area contributed by atoms with Crippen LogP contribution < -0.4 is 10.3 Å². The van der Waals surface area contributed by atoms with Gasteiger partial charge in [0.2, 0.25) is 10.0 Å². The number of para-hydroxylation sites is 1. The molecular weight excluding hydrogens is 322 g/mol. The average molecular weight is 341 g/mol. The van der Waals surface area contributed by atoms with E-state index in [0.717, 1.165) is 6.26 Å². The van der Waals surface area contributed by atoms with Gasteiger partial charge in [0.25, 0.3) is 5.56 Å².